The minimum Gasteiger partial charge on any atom is -0.399 e. The maximum absolute atomic E-state index is 6.24. The summed E-state index contributed by atoms with van der Waals surface area (Å²) in [5.41, 5.74) is 17.6. The summed E-state index contributed by atoms with van der Waals surface area (Å²) in [5.74, 6) is 0.707. The topological polar surface area (TPSA) is 26.0 Å². The Kier molecular flexibility index (Phi) is 6.13. The van der Waals surface area contributed by atoms with Crippen molar-refractivity contribution in [3.63, 3.8) is 0 Å². The molecule has 0 fully saturated rings. The monoisotopic (exact) mass is 407 g/mol. The molecular formula is C30H33N. The molecule has 2 aromatic rings. The summed E-state index contributed by atoms with van der Waals surface area (Å²) in [6.07, 6.45) is 10.4. The molecule has 158 valence electrons. The van der Waals surface area contributed by atoms with E-state index >= 15 is 0 Å². The first-order chi connectivity index (χ1) is 14.9. The third kappa shape index (κ3) is 4.66. The fraction of sp³-hybridized carbons (Fsp3) is 0.267. The molecule has 1 heteroatoms. The van der Waals surface area contributed by atoms with Gasteiger partial charge in [-0.2, -0.15) is 0 Å². The Bertz CT molecular complexity index is 1090. The van der Waals surface area contributed by atoms with Gasteiger partial charge in [-0.05, 0) is 78.0 Å². The average Bonchev–Trinajstić information content (AvgIpc) is 3.29. The molecule has 0 amide bonds. The summed E-state index contributed by atoms with van der Waals surface area (Å²) in [5, 5.41) is 0. The molecule has 2 aromatic carbocycles. The average molecular weight is 408 g/mol. The molecule has 31 heavy (non-hydrogen) atoms. The van der Waals surface area contributed by atoms with Crippen LogP contribution in [0.25, 0.3) is 5.57 Å². The van der Waals surface area contributed by atoms with Crippen molar-refractivity contribution in [2.45, 2.75) is 39.5 Å². The molecular weight excluding hydrogens is 374 g/mol. The van der Waals surface area contributed by atoms with Crippen LogP contribution in [0.3, 0.4) is 0 Å². The summed E-state index contributed by atoms with van der Waals surface area (Å²) in [7, 11) is 0. The van der Waals surface area contributed by atoms with Gasteiger partial charge in [0, 0.05) is 11.6 Å². The van der Waals surface area contributed by atoms with E-state index in [-0.39, 0.29) is 0 Å². The Morgan fingerprint density at radius 1 is 1.10 bits per heavy atom. The number of benzene rings is 2. The van der Waals surface area contributed by atoms with E-state index in [1.54, 1.807) is 0 Å². The van der Waals surface area contributed by atoms with Gasteiger partial charge in [0.15, 0.2) is 0 Å². The number of hydrogen-bond donors (Lipinski definition) is 1. The fourth-order valence-electron chi connectivity index (χ4n) is 4.95. The van der Waals surface area contributed by atoms with Gasteiger partial charge in [-0.1, -0.05) is 91.9 Å². The second-order valence-electron chi connectivity index (χ2n) is 9.14. The van der Waals surface area contributed by atoms with Gasteiger partial charge in [0.05, 0.1) is 0 Å². The zero-order valence-electron chi connectivity index (χ0n) is 18.8. The third-order valence-corrected chi connectivity index (χ3v) is 6.71. The molecule has 2 aliphatic rings. The van der Waals surface area contributed by atoms with Crippen LogP contribution in [0.15, 0.2) is 102 Å². The van der Waals surface area contributed by atoms with Gasteiger partial charge in [-0.15, -0.1) is 0 Å². The highest BCUT2D eigenvalue weighted by atomic mass is 14.6. The van der Waals surface area contributed by atoms with Crippen molar-refractivity contribution in [2.24, 2.45) is 17.6 Å². The second kappa shape index (κ2) is 8.98. The van der Waals surface area contributed by atoms with E-state index < -0.39 is 0 Å². The Labute approximate surface area is 187 Å². The second-order valence-corrected chi connectivity index (χ2v) is 9.14. The van der Waals surface area contributed by atoms with E-state index in [0.29, 0.717) is 11.8 Å². The van der Waals surface area contributed by atoms with Crippen molar-refractivity contribution in [1.29, 1.82) is 0 Å². The molecule has 2 aliphatic carbocycles. The van der Waals surface area contributed by atoms with Gasteiger partial charge < -0.3 is 5.73 Å². The van der Waals surface area contributed by atoms with Crippen LogP contribution in [0.1, 0.15) is 42.0 Å². The standard InChI is InChI=1S/C30H33N/c1-20-11-14-24(15-12-20)16-13-21(2)17-25-7-5-8-26(19-25)28-18-22(3)30(23(28)4)27-9-6-10-29(27)31/h5-8,10-12,14-15,18-19,23,30H,2-3,9,13,16-17,31H2,1,4H3. The highest BCUT2D eigenvalue weighted by Gasteiger charge is 2.33. The van der Waals surface area contributed by atoms with Crippen molar-refractivity contribution in [2.75, 3.05) is 0 Å². The van der Waals surface area contributed by atoms with Crippen molar-refractivity contribution in [1.82, 2.24) is 0 Å². The molecule has 2 N–H and O–H groups in total. The Hall–Kier alpha value is -3.06. The zero-order valence-corrected chi connectivity index (χ0v) is 18.8. The third-order valence-electron chi connectivity index (χ3n) is 6.71. The first kappa shape index (κ1) is 21.2. The number of rotatable bonds is 7. The minimum absolute atomic E-state index is 0.318. The largest absolute Gasteiger partial charge is 0.399 e. The van der Waals surface area contributed by atoms with Crippen LogP contribution in [-0.2, 0) is 12.8 Å². The lowest BCUT2D eigenvalue weighted by molar-refractivity contribution is 0.591. The van der Waals surface area contributed by atoms with Crippen molar-refractivity contribution >= 4 is 5.57 Å². The predicted molar refractivity (Wildman–Crippen MR) is 134 cm³/mol. The minimum atomic E-state index is 0.318. The van der Waals surface area contributed by atoms with E-state index in [2.05, 4.69) is 87.7 Å². The zero-order chi connectivity index (χ0) is 22.0. The molecule has 1 nitrogen and oxygen atoms in total. The fourth-order valence-corrected chi connectivity index (χ4v) is 4.95. The molecule has 0 aliphatic heterocycles. The summed E-state index contributed by atoms with van der Waals surface area (Å²) < 4.78 is 0. The van der Waals surface area contributed by atoms with Crippen molar-refractivity contribution < 1.29 is 0 Å². The predicted octanol–water partition coefficient (Wildman–Crippen LogP) is 7.10. The smallest absolute Gasteiger partial charge is 0.0312 e. The molecule has 0 heterocycles. The van der Waals surface area contributed by atoms with Crippen molar-refractivity contribution in [3.8, 4) is 0 Å². The lowest BCUT2D eigenvalue weighted by atomic mass is 9.82. The summed E-state index contributed by atoms with van der Waals surface area (Å²) >= 11 is 0. The van der Waals surface area contributed by atoms with E-state index in [0.717, 1.165) is 31.4 Å². The molecule has 2 atom stereocenters. The molecule has 0 saturated carbocycles. The number of nitrogens with two attached hydrogens (primary N) is 1. The van der Waals surface area contributed by atoms with Crippen LogP contribution in [0, 0.1) is 18.8 Å². The van der Waals surface area contributed by atoms with E-state index in [9.17, 15) is 0 Å². The first-order valence-corrected chi connectivity index (χ1v) is 11.3. The highest BCUT2D eigenvalue weighted by Crippen LogP contribution is 2.46. The van der Waals surface area contributed by atoms with Gasteiger partial charge >= 0.3 is 0 Å². The van der Waals surface area contributed by atoms with Crippen LogP contribution in [0.4, 0.5) is 0 Å². The van der Waals surface area contributed by atoms with Gasteiger partial charge in [0.25, 0.3) is 0 Å². The van der Waals surface area contributed by atoms with Crippen molar-refractivity contribution in [3.05, 3.63) is 125 Å². The van der Waals surface area contributed by atoms with E-state index in [1.807, 2.05) is 6.08 Å². The molecule has 0 aromatic heterocycles. The summed E-state index contributed by atoms with van der Waals surface area (Å²) in [6, 6.07) is 17.8. The molecule has 0 radical (unpaired) electrons. The van der Waals surface area contributed by atoms with E-state index in [4.69, 9.17) is 5.73 Å². The quantitative estimate of drug-likeness (QED) is 0.486. The summed E-state index contributed by atoms with van der Waals surface area (Å²) in [6.45, 7) is 13.2. The van der Waals surface area contributed by atoms with Crippen LogP contribution < -0.4 is 5.73 Å². The van der Waals surface area contributed by atoms with Gasteiger partial charge in [-0.25, -0.2) is 0 Å². The number of aryl methyl sites for hydroxylation is 2. The van der Waals surface area contributed by atoms with Crippen LogP contribution >= 0.6 is 0 Å². The Morgan fingerprint density at radius 2 is 1.87 bits per heavy atom. The lowest BCUT2D eigenvalue weighted by Crippen LogP contribution is -2.14. The molecule has 2 unspecified atom stereocenters. The maximum atomic E-state index is 6.24. The lowest BCUT2D eigenvalue weighted by Gasteiger charge is -2.22. The maximum Gasteiger partial charge on any atom is 0.0312 e. The van der Waals surface area contributed by atoms with E-state index in [1.165, 1.54) is 44.5 Å². The van der Waals surface area contributed by atoms with Gasteiger partial charge in [-0.3, -0.25) is 0 Å². The molecule has 0 saturated heterocycles. The van der Waals surface area contributed by atoms with Crippen LogP contribution in [-0.4, -0.2) is 0 Å². The SMILES string of the molecule is C=C(CCc1ccc(C)cc1)Cc1cccc(C2=CC(=C)C(C3=C(N)C=CC3)C2C)c1. The Balaban J connectivity index is 1.43. The number of allylic oxidation sites excluding steroid dienone is 7. The normalized spacial score (nSPS) is 20.5. The Morgan fingerprint density at radius 3 is 2.58 bits per heavy atom. The first-order valence-electron chi connectivity index (χ1n) is 11.3. The highest BCUT2D eigenvalue weighted by molar-refractivity contribution is 5.75. The van der Waals surface area contributed by atoms with Crippen LogP contribution in [0.5, 0.6) is 0 Å². The molecule has 0 bridgehead atoms. The summed E-state index contributed by atoms with van der Waals surface area (Å²) in [4.78, 5) is 0. The van der Waals surface area contributed by atoms with Gasteiger partial charge in [0.1, 0.15) is 0 Å². The molecule has 0 spiro atoms. The number of hydrogen-bond acceptors (Lipinski definition) is 1. The molecule has 4 rings (SSSR count). The van der Waals surface area contributed by atoms with Crippen LogP contribution in [0.2, 0.25) is 0 Å². The van der Waals surface area contributed by atoms with Gasteiger partial charge in [0.2, 0.25) is 0 Å².